The van der Waals surface area contributed by atoms with E-state index in [9.17, 15) is 4.79 Å². The second-order valence-corrected chi connectivity index (χ2v) is 4.84. The van der Waals surface area contributed by atoms with E-state index in [1.54, 1.807) is 20.0 Å². The summed E-state index contributed by atoms with van der Waals surface area (Å²) in [4.78, 5) is 10.9. The van der Waals surface area contributed by atoms with E-state index in [2.05, 4.69) is 5.10 Å². The largest absolute Gasteiger partial charge is 0.481 e. The predicted molar refractivity (Wildman–Crippen MR) is 62.2 cm³/mol. The number of unbranched alkanes of at least 4 members (excludes halogenated alkanes) is 1. The Hall–Kier alpha value is -1.32. The number of carbonyl (C=O) groups is 1. The van der Waals surface area contributed by atoms with Crippen LogP contribution >= 0.6 is 0 Å². The summed E-state index contributed by atoms with van der Waals surface area (Å²) in [5.74, 6) is -0.720. The number of aryl methyl sites for hydroxylation is 2. The van der Waals surface area contributed by atoms with E-state index >= 15 is 0 Å². The van der Waals surface area contributed by atoms with E-state index in [-0.39, 0.29) is 0 Å². The van der Waals surface area contributed by atoms with Gasteiger partial charge in [-0.2, -0.15) is 5.10 Å². The molecule has 16 heavy (non-hydrogen) atoms. The number of hydrogen-bond donors (Lipinski definition) is 1. The lowest BCUT2D eigenvalue weighted by Crippen LogP contribution is -2.23. The van der Waals surface area contributed by atoms with Crippen molar-refractivity contribution < 1.29 is 9.90 Å². The molecule has 1 heterocycles. The predicted octanol–water partition coefficient (Wildman–Crippen LogP) is 2.47. The van der Waals surface area contributed by atoms with Crippen LogP contribution < -0.4 is 0 Å². The minimum atomic E-state index is -0.720. The number of aliphatic carboxylic acids is 1. The maximum atomic E-state index is 10.9. The van der Waals surface area contributed by atoms with E-state index < -0.39 is 11.4 Å². The molecule has 1 aromatic heterocycles. The summed E-state index contributed by atoms with van der Waals surface area (Å²) >= 11 is 0. The molecule has 0 aliphatic rings. The molecule has 0 unspecified atom stereocenters. The zero-order valence-corrected chi connectivity index (χ0v) is 10.2. The van der Waals surface area contributed by atoms with Gasteiger partial charge in [-0.3, -0.25) is 9.48 Å². The van der Waals surface area contributed by atoms with E-state index in [1.807, 2.05) is 17.7 Å². The van der Waals surface area contributed by atoms with Gasteiger partial charge < -0.3 is 5.11 Å². The SMILES string of the molecule is Cc1ccnn1CCCCC(C)(C)C(=O)O. The zero-order chi connectivity index (χ0) is 12.2. The lowest BCUT2D eigenvalue weighted by atomic mass is 9.87. The normalized spacial score (nSPS) is 11.7. The molecule has 0 saturated heterocycles. The fraction of sp³-hybridized carbons (Fsp3) is 0.667. The quantitative estimate of drug-likeness (QED) is 0.755. The van der Waals surface area contributed by atoms with Gasteiger partial charge in [0, 0.05) is 18.4 Å². The topological polar surface area (TPSA) is 55.1 Å². The van der Waals surface area contributed by atoms with Crippen molar-refractivity contribution in [2.24, 2.45) is 5.41 Å². The van der Waals surface area contributed by atoms with Crippen molar-refractivity contribution in [3.63, 3.8) is 0 Å². The highest BCUT2D eigenvalue weighted by Gasteiger charge is 2.25. The minimum Gasteiger partial charge on any atom is -0.481 e. The standard InChI is InChI=1S/C12H20N2O2/c1-10-6-8-13-14(10)9-5-4-7-12(2,3)11(15)16/h6,8H,4-5,7,9H2,1-3H3,(H,15,16). The van der Waals surface area contributed by atoms with Gasteiger partial charge in [0.2, 0.25) is 0 Å². The van der Waals surface area contributed by atoms with Crippen LogP contribution in [-0.2, 0) is 11.3 Å². The average Bonchev–Trinajstić information content (AvgIpc) is 2.59. The first-order chi connectivity index (χ1) is 7.43. The Bertz CT molecular complexity index is 356. The van der Waals surface area contributed by atoms with Crippen molar-refractivity contribution in [3.8, 4) is 0 Å². The molecule has 1 aromatic rings. The molecule has 0 amide bonds. The Morgan fingerprint density at radius 2 is 2.19 bits per heavy atom. The zero-order valence-electron chi connectivity index (χ0n) is 10.2. The van der Waals surface area contributed by atoms with Gasteiger partial charge in [0.05, 0.1) is 5.41 Å². The van der Waals surface area contributed by atoms with Crippen LogP contribution in [0, 0.1) is 12.3 Å². The highest BCUT2D eigenvalue weighted by molar-refractivity contribution is 5.73. The van der Waals surface area contributed by atoms with Crippen LogP contribution in [-0.4, -0.2) is 20.9 Å². The summed E-state index contributed by atoms with van der Waals surface area (Å²) in [6, 6.07) is 1.97. The van der Waals surface area contributed by atoms with Crippen molar-refractivity contribution in [2.75, 3.05) is 0 Å². The van der Waals surface area contributed by atoms with Gasteiger partial charge in [-0.1, -0.05) is 6.42 Å². The Balaban J connectivity index is 2.27. The van der Waals surface area contributed by atoms with E-state index in [0.717, 1.165) is 25.1 Å². The molecule has 0 aliphatic heterocycles. The molecule has 0 radical (unpaired) electrons. The molecule has 0 spiro atoms. The van der Waals surface area contributed by atoms with Crippen LogP contribution in [0.15, 0.2) is 12.3 Å². The number of rotatable bonds is 6. The van der Waals surface area contributed by atoms with Gasteiger partial charge >= 0.3 is 5.97 Å². The number of carboxylic acid groups (broad SMARTS) is 1. The molecule has 0 aromatic carbocycles. The summed E-state index contributed by atoms with van der Waals surface area (Å²) in [5, 5.41) is 13.1. The molecule has 0 fully saturated rings. The van der Waals surface area contributed by atoms with E-state index in [1.165, 1.54) is 0 Å². The first kappa shape index (κ1) is 12.7. The summed E-state index contributed by atoms with van der Waals surface area (Å²) in [6.07, 6.45) is 4.39. The van der Waals surface area contributed by atoms with Gasteiger partial charge in [0.15, 0.2) is 0 Å². The number of carboxylic acids is 1. The highest BCUT2D eigenvalue weighted by Crippen LogP contribution is 2.23. The second-order valence-electron chi connectivity index (χ2n) is 4.84. The van der Waals surface area contributed by atoms with Gasteiger partial charge in [0.1, 0.15) is 0 Å². The summed E-state index contributed by atoms with van der Waals surface area (Å²) in [7, 11) is 0. The Labute approximate surface area is 96.3 Å². The molecule has 0 atom stereocenters. The van der Waals surface area contributed by atoms with Gasteiger partial charge in [-0.05, 0) is 39.7 Å². The fourth-order valence-corrected chi connectivity index (χ4v) is 1.57. The average molecular weight is 224 g/mol. The Morgan fingerprint density at radius 1 is 1.50 bits per heavy atom. The van der Waals surface area contributed by atoms with Crippen molar-refractivity contribution in [1.82, 2.24) is 9.78 Å². The van der Waals surface area contributed by atoms with E-state index in [4.69, 9.17) is 5.11 Å². The molecule has 1 N–H and O–H groups in total. The smallest absolute Gasteiger partial charge is 0.309 e. The fourth-order valence-electron chi connectivity index (χ4n) is 1.57. The third-order valence-corrected chi connectivity index (χ3v) is 2.93. The third-order valence-electron chi connectivity index (χ3n) is 2.93. The molecule has 0 saturated carbocycles. The Kier molecular flexibility index (Phi) is 4.10. The molecule has 1 rings (SSSR count). The van der Waals surface area contributed by atoms with Crippen molar-refractivity contribution in [1.29, 1.82) is 0 Å². The number of hydrogen-bond acceptors (Lipinski definition) is 2. The number of nitrogens with zero attached hydrogens (tertiary/aromatic N) is 2. The molecule has 0 aliphatic carbocycles. The molecule has 4 nitrogen and oxygen atoms in total. The first-order valence-electron chi connectivity index (χ1n) is 5.65. The van der Waals surface area contributed by atoms with Crippen LogP contribution in [0.4, 0.5) is 0 Å². The highest BCUT2D eigenvalue weighted by atomic mass is 16.4. The van der Waals surface area contributed by atoms with Crippen molar-refractivity contribution in [3.05, 3.63) is 18.0 Å². The molecule has 4 heteroatoms. The second kappa shape index (κ2) is 5.14. The summed E-state index contributed by atoms with van der Waals surface area (Å²) < 4.78 is 1.95. The summed E-state index contributed by atoms with van der Waals surface area (Å²) in [5.41, 5.74) is 0.539. The van der Waals surface area contributed by atoms with Gasteiger partial charge in [0.25, 0.3) is 0 Å². The molecular weight excluding hydrogens is 204 g/mol. The lowest BCUT2D eigenvalue weighted by Gasteiger charge is -2.18. The summed E-state index contributed by atoms with van der Waals surface area (Å²) in [6.45, 7) is 6.44. The molecule has 0 bridgehead atoms. The minimum absolute atomic E-state index is 0.612. The van der Waals surface area contributed by atoms with Gasteiger partial charge in [-0.25, -0.2) is 0 Å². The Morgan fingerprint density at radius 3 is 2.69 bits per heavy atom. The third kappa shape index (κ3) is 3.36. The maximum Gasteiger partial charge on any atom is 0.309 e. The number of aromatic nitrogens is 2. The first-order valence-corrected chi connectivity index (χ1v) is 5.65. The van der Waals surface area contributed by atoms with Crippen LogP contribution in [0.2, 0.25) is 0 Å². The van der Waals surface area contributed by atoms with Crippen molar-refractivity contribution in [2.45, 2.75) is 46.6 Å². The van der Waals surface area contributed by atoms with Crippen LogP contribution in [0.25, 0.3) is 0 Å². The van der Waals surface area contributed by atoms with Crippen LogP contribution in [0.3, 0.4) is 0 Å². The molecule has 90 valence electrons. The van der Waals surface area contributed by atoms with Crippen LogP contribution in [0.5, 0.6) is 0 Å². The molecular formula is C12H20N2O2. The van der Waals surface area contributed by atoms with Crippen LogP contribution in [0.1, 0.15) is 38.8 Å². The van der Waals surface area contributed by atoms with E-state index in [0.29, 0.717) is 6.42 Å². The van der Waals surface area contributed by atoms with Gasteiger partial charge in [-0.15, -0.1) is 0 Å². The maximum absolute atomic E-state index is 10.9. The van der Waals surface area contributed by atoms with Crippen molar-refractivity contribution >= 4 is 5.97 Å². The monoisotopic (exact) mass is 224 g/mol. The lowest BCUT2D eigenvalue weighted by molar-refractivity contribution is -0.147.